The van der Waals surface area contributed by atoms with Gasteiger partial charge in [-0.05, 0) is 37.6 Å². The number of carbonyl (C=O) groups excluding carboxylic acids is 1. The molecule has 22 heavy (non-hydrogen) atoms. The molecule has 0 radical (unpaired) electrons. The van der Waals surface area contributed by atoms with Gasteiger partial charge < -0.3 is 5.32 Å². The van der Waals surface area contributed by atoms with Crippen molar-refractivity contribution in [1.29, 1.82) is 0 Å². The molecule has 1 N–H and O–H groups in total. The van der Waals surface area contributed by atoms with Gasteiger partial charge in [-0.1, -0.05) is 26.2 Å². The maximum Gasteiger partial charge on any atom is 0.251 e. The molecular weight excluding hydrogens is 300 g/mol. The fourth-order valence-electron chi connectivity index (χ4n) is 2.07. The molecule has 0 heterocycles. The van der Waals surface area contributed by atoms with Crippen molar-refractivity contribution in [3.63, 3.8) is 0 Å². The van der Waals surface area contributed by atoms with Crippen molar-refractivity contribution in [3.8, 4) is 0 Å². The van der Waals surface area contributed by atoms with E-state index in [1.54, 1.807) is 12.1 Å². The van der Waals surface area contributed by atoms with Crippen LogP contribution in [0.2, 0.25) is 0 Å². The Morgan fingerprint density at radius 1 is 1.18 bits per heavy atom. The Morgan fingerprint density at radius 3 is 2.27 bits per heavy atom. The second kappa shape index (κ2) is 8.29. The number of nitrogens with one attached hydrogen (secondary N) is 1. The second-order valence-corrected chi connectivity index (χ2v) is 7.83. The Bertz CT molecular complexity index is 580. The molecule has 0 saturated heterocycles. The van der Waals surface area contributed by atoms with Crippen molar-refractivity contribution >= 4 is 15.9 Å². The van der Waals surface area contributed by atoms with Crippen LogP contribution in [0.1, 0.15) is 49.9 Å². The average molecular weight is 326 g/mol. The number of nitrogens with zero attached hydrogens (tertiary/aromatic N) is 1. The summed E-state index contributed by atoms with van der Waals surface area (Å²) in [7, 11) is -0.496. The van der Waals surface area contributed by atoms with Gasteiger partial charge >= 0.3 is 0 Å². The van der Waals surface area contributed by atoms with Crippen molar-refractivity contribution in [2.24, 2.45) is 0 Å². The molecule has 0 saturated carbocycles. The number of amides is 1. The van der Waals surface area contributed by atoms with E-state index in [1.165, 1.54) is 26.2 Å². The zero-order valence-electron chi connectivity index (χ0n) is 13.8. The number of sulfonamides is 1. The van der Waals surface area contributed by atoms with E-state index in [0.29, 0.717) is 5.56 Å². The number of unbranched alkanes of at least 4 members (excludes halogenated alkanes) is 2. The summed E-state index contributed by atoms with van der Waals surface area (Å²) in [5.41, 5.74) is 0.472. The van der Waals surface area contributed by atoms with Gasteiger partial charge in [0, 0.05) is 25.7 Å². The maximum absolute atomic E-state index is 12.1. The van der Waals surface area contributed by atoms with Crippen LogP contribution in [-0.2, 0) is 10.0 Å². The Labute approximate surface area is 133 Å². The van der Waals surface area contributed by atoms with Crippen LogP contribution in [0.4, 0.5) is 0 Å². The van der Waals surface area contributed by atoms with E-state index in [2.05, 4.69) is 12.2 Å². The van der Waals surface area contributed by atoms with E-state index in [-0.39, 0.29) is 16.8 Å². The lowest BCUT2D eigenvalue weighted by Crippen LogP contribution is -2.32. The van der Waals surface area contributed by atoms with Gasteiger partial charge in [0.25, 0.3) is 5.91 Å². The van der Waals surface area contributed by atoms with Gasteiger partial charge in [-0.2, -0.15) is 0 Å². The van der Waals surface area contributed by atoms with Crippen LogP contribution in [0.5, 0.6) is 0 Å². The second-order valence-electron chi connectivity index (χ2n) is 5.68. The van der Waals surface area contributed by atoms with Gasteiger partial charge in [-0.3, -0.25) is 4.79 Å². The van der Waals surface area contributed by atoms with Crippen molar-refractivity contribution < 1.29 is 13.2 Å². The number of hydrogen-bond acceptors (Lipinski definition) is 3. The highest BCUT2D eigenvalue weighted by Gasteiger charge is 2.17. The topological polar surface area (TPSA) is 66.5 Å². The van der Waals surface area contributed by atoms with Crippen LogP contribution < -0.4 is 5.32 Å². The minimum Gasteiger partial charge on any atom is -0.350 e. The third-order valence-corrected chi connectivity index (χ3v) is 5.34. The SMILES string of the molecule is CCCCC[C@H](C)NC(=O)c1ccc(S(=O)(=O)N(C)C)cc1. The molecule has 1 amide bonds. The monoisotopic (exact) mass is 326 g/mol. The molecule has 0 unspecified atom stereocenters. The van der Waals surface area contributed by atoms with Crippen molar-refractivity contribution in [2.75, 3.05) is 14.1 Å². The maximum atomic E-state index is 12.1. The van der Waals surface area contributed by atoms with Crippen LogP contribution in [0.3, 0.4) is 0 Å². The van der Waals surface area contributed by atoms with Crippen molar-refractivity contribution in [2.45, 2.75) is 50.5 Å². The fourth-order valence-corrected chi connectivity index (χ4v) is 2.97. The van der Waals surface area contributed by atoms with Gasteiger partial charge in [0.15, 0.2) is 0 Å². The van der Waals surface area contributed by atoms with Crippen LogP contribution in [-0.4, -0.2) is 38.8 Å². The van der Waals surface area contributed by atoms with E-state index in [0.717, 1.165) is 30.0 Å². The number of carbonyl (C=O) groups is 1. The molecule has 1 aromatic rings. The molecule has 0 aromatic heterocycles. The van der Waals surface area contributed by atoms with Gasteiger partial charge in [0.05, 0.1) is 4.90 Å². The lowest BCUT2D eigenvalue weighted by atomic mass is 10.1. The highest BCUT2D eigenvalue weighted by molar-refractivity contribution is 7.89. The van der Waals surface area contributed by atoms with Crippen molar-refractivity contribution in [1.82, 2.24) is 9.62 Å². The van der Waals surface area contributed by atoms with Crippen LogP contribution in [0.15, 0.2) is 29.2 Å². The number of hydrogen-bond donors (Lipinski definition) is 1. The molecule has 124 valence electrons. The van der Waals surface area contributed by atoms with E-state index in [1.807, 2.05) is 6.92 Å². The van der Waals surface area contributed by atoms with E-state index >= 15 is 0 Å². The summed E-state index contributed by atoms with van der Waals surface area (Å²) >= 11 is 0. The van der Waals surface area contributed by atoms with Gasteiger partial charge in [0.1, 0.15) is 0 Å². The van der Waals surface area contributed by atoms with Gasteiger partial charge in [-0.25, -0.2) is 12.7 Å². The molecule has 0 fully saturated rings. The third-order valence-electron chi connectivity index (χ3n) is 3.51. The van der Waals surface area contributed by atoms with E-state index in [9.17, 15) is 13.2 Å². The Balaban J connectivity index is 2.69. The fraction of sp³-hybridized carbons (Fsp3) is 0.562. The molecule has 0 bridgehead atoms. The number of benzene rings is 1. The highest BCUT2D eigenvalue weighted by Crippen LogP contribution is 2.14. The van der Waals surface area contributed by atoms with Crippen LogP contribution in [0, 0.1) is 0 Å². The zero-order chi connectivity index (χ0) is 16.8. The lowest BCUT2D eigenvalue weighted by molar-refractivity contribution is 0.0938. The van der Waals surface area contributed by atoms with E-state index in [4.69, 9.17) is 0 Å². The lowest BCUT2D eigenvalue weighted by Gasteiger charge is -2.14. The van der Waals surface area contributed by atoms with Crippen LogP contribution in [0.25, 0.3) is 0 Å². The van der Waals surface area contributed by atoms with Crippen LogP contribution >= 0.6 is 0 Å². The first-order valence-electron chi connectivity index (χ1n) is 7.62. The summed E-state index contributed by atoms with van der Waals surface area (Å²) in [6, 6.07) is 6.14. The highest BCUT2D eigenvalue weighted by atomic mass is 32.2. The molecule has 0 spiro atoms. The summed E-state index contributed by atoms with van der Waals surface area (Å²) in [5.74, 6) is -0.169. The first-order valence-corrected chi connectivity index (χ1v) is 9.06. The molecule has 1 aromatic carbocycles. The summed E-state index contributed by atoms with van der Waals surface area (Å²) < 4.78 is 25.1. The predicted octanol–water partition coefficient (Wildman–Crippen LogP) is 2.64. The summed E-state index contributed by atoms with van der Waals surface area (Å²) in [4.78, 5) is 12.3. The molecular formula is C16H26N2O3S. The number of rotatable bonds is 8. The quantitative estimate of drug-likeness (QED) is 0.747. The summed E-state index contributed by atoms with van der Waals surface area (Å²) in [5, 5.41) is 2.94. The minimum absolute atomic E-state index is 0.115. The molecule has 5 nitrogen and oxygen atoms in total. The molecule has 0 aliphatic carbocycles. The third kappa shape index (κ3) is 5.10. The largest absolute Gasteiger partial charge is 0.350 e. The first-order chi connectivity index (χ1) is 10.3. The Kier molecular flexibility index (Phi) is 7.03. The molecule has 1 atom stereocenters. The molecule has 0 aliphatic rings. The summed E-state index contributed by atoms with van der Waals surface area (Å²) in [6.07, 6.45) is 4.37. The van der Waals surface area contributed by atoms with Gasteiger partial charge in [-0.15, -0.1) is 0 Å². The summed E-state index contributed by atoms with van der Waals surface area (Å²) in [6.45, 7) is 4.13. The Hall–Kier alpha value is -1.40. The predicted molar refractivity (Wildman–Crippen MR) is 88.4 cm³/mol. The minimum atomic E-state index is -3.46. The molecule has 1 rings (SSSR count). The smallest absolute Gasteiger partial charge is 0.251 e. The first kappa shape index (κ1) is 18.6. The van der Waals surface area contributed by atoms with Crippen molar-refractivity contribution in [3.05, 3.63) is 29.8 Å². The average Bonchev–Trinajstić information content (AvgIpc) is 2.47. The molecule has 0 aliphatic heterocycles. The molecule has 6 heteroatoms. The standard InChI is InChI=1S/C16H26N2O3S/c1-5-6-7-8-13(2)17-16(19)14-9-11-15(12-10-14)22(20,21)18(3)4/h9-13H,5-8H2,1-4H3,(H,17,19)/t13-/m0/s1. The zero-order valence-corrected chi connectivity index (χ0v) is 14.6. The Morgan fingerprint density at radius 2 is 1.77 bits per heavy atom. The van der Waals surface area contributed by atoms with Gasteiger partial charge in [0.2, 0.25) is 10.0 Å². The van der Waals surface area contributed by atoms with E-state index < -0.39 is 10.0 Å². The normalized spacial score (nSPS) is 13.1.